The molecule has 1 aromatic carbocycles. The van der Waals surface area contributed by atoms with Gasteiger partial charge in [0.1, 0.15) is 0 Å². The van der Waals surface area contributed by atoms with Crippen LogP contribution in [0.2, 0.25) is 0 Å². The number of carbonyl (C=O) groups excluding carboxylic acids is 1. The van der Waals surface area contributed by atoms with Crippen molar-refractivity contribution in [1.29, 1.82) is 0 Å². The van der Waals surface area contributed by atoms with Gasteiger partial charge in [0, 0.05) is 37.6 Å². The quantitative estimate of drug-likeness (QED) is 0.927. The van der Waals surface area contributed by atoms with E-state index in [1.807, 2.05) is 6.07 Å². The Labute approximate surface area is 138 Å². The molecule has 0 spiro atoms. The summed E-state index contributed by atoms with van der Waals surface area (Å²) in [7, 11) is 0. The van der Waals surface area contributed by atoms with Gasteiger partial charge in [-0.2, -0.15) is 0 Å². The third-order valence-corrected chi connectivity index (χ3v) is 6.18. The van der Waals surface area contributed by atoms with E-state index in [-0.39, 0.29) is 17.4 Å². The molecule has 2 saturated heterocycles. The number of hydrogen-bond acceptors (Lipinski definition) is 3. The summed E-state index contributed by atoms with van der Waals surface area (Å²) in [6.45, 7) is 3.12. The molecule has 0 bridgehead atoms. The molecule has 1 saturated carbocycles. The molecule has 4 nitrogen and oxygen atoms in total. The number of carbonyl (C=O) groups is 1. The van der Waals surface area contributed by atoms with E-state index in [0.29, 0.717) is 18.4 Å². The Morgan fingerprint density at radius 3 is 2.61 bits per heavy atom. The number of piperidine rings is 1. The molecule has 23 heavy (non-hydrogen) atoms. The molecule has 0 aromatic heterocycles. The first-order valence-electron chi connectivity index (χ1n) is 8.91. The highest BCUT2D eigenvalue weighted by Crippen LogP contribution is 2.49. The summed E-state index contributed by atoms with van der Waals surface area (Å²) in [5, 5.41) is 0. The Morgan fingerprint density at radius 1 is 1.26 bits per heavy atom. The molecule has 0 radical (unpaired) electrons. The summed E-state index contributed by atoms with van der Waals surface area (Å²) < 4.78 is 5.74. The van der Waals surface area contributed by atoms with E-state index in [2.05, 4.69) is 29.2 Å². The number of amides is 1. The fraction of sp³-hybridized carbons (Fsp3) is 0.632. The zero-order valence-corrected chi connectivity index (χ0v) is 13.6. The molecule has 1 aliphatic carbocycles. The van der Waals surface area contributed by atoms with Gasteiger partial charge in [0.15, 0.2) is 0 Å². The van der Waals surface area contributed by atoms with Crippen LogP contribution in [0, 0.1) is 11.8 Å². The van der Waals surface area contributed by atoms with Crippen LogP contribution >= 0.6 is 0 Å². The average Bonchev–Trinajstić information content (AvgIpc) is 3.36. The van der Waals surface area contributed by atoms with Crippen molar-refractivity contribution in [3.8, 4) is 0 Å². The molecule has 3 aliphatic rings. The van der Waals surface area contributed by atoms with Gasteiger partial charge in [0.25, 0.3) is 0 Å². The highest BCUT2D eigenvalue weighted by Gasteiger charge is 2.58. The number of fused-ring (bicyclic) bond motifs is 1. The van der Waals surface area contributed by atoms with Crippen LogP contribution in [0.15, 0.2) is 30.3 Å². The van der Waals surface area contributed by atoms with Gasteiger partial charge in [-0.15, -0.1) is 0 Å². The standard InChI is InChI=1S/C19H26N2O2/c20-13-19(14-5-2-1-3-6-14)8-10-21(11-9-19)18(22)16-15-7-4-12-23-17(15)16/h1-3,5-6,15-17H,4,7-13,20H2/t15-,16-,17-/m1/s1. The van der Waals surface area contributed by atoms with Gasteiger partial charge >= 0.3 is 0 Å². The number of hydrogen-bond donors (Lipinski definition) is 1. The first-order chi connectivity index (χ1) is 11.2. The van der Waals surface area contributed by atoms with Gasteiger partial charge in [0.05, 0.1) is 12.0 Å². The number of likely N-dealkylation sites (tertiary alicyclic amines) is 1. The molecule has 2 aliphatic heterocycles. The number of ether oxygens (including phenoxy) is 1. The van der Waals surface area contributed by atoms with Crippen LogP contribution in [0.5, 0.6) is 0 Å². The van der Waals surface area contributed by atoms with Gasteiger partial charge in [-0.25, -0.2) is 0 Å². The Kier molecular flexibility index (Phi) is 3.90. The van der Waals surface area contributed by atoms with Gasteiger partial charge < -0.3 is 15.4 Å². The van der Waals surface area contributed by atoms with Crippen LogP contribution in [0.25, 0.3) is 0 Å². The van der Waals surface area contributed by atoms with E-state index < -0.39 is 0 Å². The largest absolute Gasteiger partial charge is 0.377 e. The molecular formula is C19H26N2O2. The summed E-state index contributed by atoms with van der Waals surface area (Å²) >= 11 is 0. The lowest BCUT2D eigenvalue weighted by Crippen LogP contribution is -2.49. The predicted octanol–water partition coefficient (Wildman–Crippen LogP) is 1.93. The Balaban J connectivity index is 1.41. The lowest BCUT2D eigenvalue weighted by atomic mass is 9.73. The van der Waals surface area contributed by atoms with Gasteiger partial charge in [-0.1, -0.05) is 30.3 Å². The minimum atomic E-state index is 0.0326. The first-order valence-corrected chi connectivity index (χ1v) is 8.91. The number of nitrogens with two attached hydrogens (primary N) is 1. The molecule has 4 rings (SSSR count). The monoisotopic (exact) mass is 314 g/mol. The molecular weight excluding hydrogens is 288 g/mol. The van der Waals surface area contributed by atoms with E-state index in [0.717, 1.165) is 45.4 Å². The van der Waals surface area contributed by atoms with E-state index >= 15 is 0 Å². The smallest absolute Gasteiger partial charge is 0.228 e. The topological polar surface area (TPSA) is 55.6 Å². The summed E-state index contributed by atoms with van der Waals surface area (Å²) in [6.07, 6.45) is 4.40. The van der Waals surface area contributed by atoms with Crippen LogP contribution in [-0.2, 0) is 14.9 Å². The van der Waals surface area contributed by atoms with Crippen LogP contribution in [0.4, 0.5) is 0 Å². The van der Waals surface area contributed by atoms with Gasteiger partial charge in [-0.3, -0.25) is 4.79 Å². The van der Waals surface area contributed by atoms with Crippen molar-refractivity contribution in [2.24, 2.45) is 17.6 Å². The second-order valence-corrected chi connectivity index (χ2v) is 7.34. The summed E-state index contributed by atoms with van der Waals surface area (Å²) in [5.74, 6) is 0.951. The van der Waals surface area contributed by atoms with Crippen molar-refractivity contribution in [2.75, 3.05) is 26.2 Å². The normalized spacial score (nSPS) is 32.2. The molecule has 3 atom stereocenters. The van der Waals surface area contributed by atoms with Crippen molar-refractivity contribution in [3.05, 3.63) is 35.9 Å². The van der Waals surface area contributed by atoms with Gasteiger partial charge in [0.2, 0.25) is 5.91 Å². The summed E-state index contributed by atoms with van der Waals surface area (Å²) in [5.41, 5.74) is 7.49. The van der Waals surface area contributed by atoms with Crippen molar-refractivity contribution >= 4 is 5.91 Å². The fourth-order valence-corrected chi connectivity index (χ4v) is 4.54. The molecule has 1 amide bonds. The van der Waals surface area contributed by atoms with Crippen LogP contribution in [-0.4, -0.2) is 43.2 Å². The number of nitrogens with zero attached hydrogens (tertiary/aromatic N) is 1. The SMILES string of the molecule is NCC1(c2ccccc2)CCN(C(=O)[C@@H]2[C@H]3CCCO[C@H]32)CC1. The molecule has 2 N–H and O–H groups in total. The average molecular weight is 314 g/mol. The highest BCUT2D eigenvalue weighted by molar-refractivity contribution is 5.83. The van der Waals surface area contributed by atoms with E-state index in [1.54, 1.807) is 0 Å². The first kappa shape index (κ1) is 15.2. The number of benzene rings is 1. The minimum Gasteiger partial charge on any atom is -0.377 e. The zero-order valence-electron chi connectivity index (χ0n) is 13.6. The lowest BCUT2D eigenvalue weighted by molar-refractivity contribution is -0.135. The maximum absolute atomic E-state index is 12.8. The molecule has 0 unspecified atom stereocenters. The molecule has 3 fully saturated rings. The number of rotatable bonds is 3. The Bertz CT molecular complexity index is 554. The van der Waals surface area contributed by atoms with Gasteiger partial charge in [-0.05, 0) is 31.2 Å². The molecule has 4 heteroatoms. The molecule has 2 heterocycles. The van der Waals surface area contributed by atoms with Crippen LogP contribution < -0.4 is 5.73 Å². The van der Waals surface area contributed by atoms with Crippen molar-refractivity contribution in [1.82, 2.24) is 4.90 Å². The minimum absolute atomic E-state index is 0.0326. The third-order valence-electron chi connectivity index (χ3n) is 6.18. The predicted molar refractivity (Wildman–Crippen MR) is 88.9 cm³/mol. The lowest BCUT2D eigenvalue weighted by Gasteiger charge is -2.41. The maximum atomic E-state index is 12.8. The van der Waals surface area contributed by atoms with E-state index in [9.17, 15) is 4.79 Å². The second-order valence-electron chi connectivity index (χ2n) is 7.34. The zero-order chi connectivity index (χ0) is 15.9. The Morgan fingerprint density at radius 2 is 2.00 bits per heavy atom. The van der Waals surface area contributed by atoms with Crippen molar-refractivity contribution in [3.63, 3.8) is 0 Å². The molecule has 124 valence electrons. The highest BCUT2D eigenvalue weighted by atomic mass is 16.5. The Hall–Kier alpha value is -1.39. The molecule has 1 aromatic rings. The van der Waals surface area contributed by atoms with Crippen LogP contribution in [0.3, 0.4) is 0 Å². The third kappa shape index (κ3) is 2.58. The second kappa shape index (κ2) is 5.91. The summed E-state index contributed by atoms with van der Waals surface area (Å²) in [6, 6.07) is 10.6. The summed E-state index contributed by atoms with van der Waals surface area (Å²) in [4.78, 5) is 14.8. The van der Waals surface area contributed by atoms with Crippen LogP contribution in [0.1, 0.15) is 31.2 Å². The van der Waals surface area contributed by atoms with Crippen molar-refractivity contribution < 1.29 is 9.53 Å². The van der Waals surface area contributed by atoms with Crippen molar-refractivity contribution in [2.45, 2.75) is 37.2 Å². The maximum Gasteiger partial charge on any atom is 0.228 e. The van der Waals surface area contributed by atoms with E-state index in [4.69, 9.17) is 10.5 Å². The van der Waals surface area contributed by atoms with E-state index in [1.165, 1.54) is 5.56 Å². The fourth-order valence-electron chi connectivity index (χ4n) is 4.54.